The molecular weight excluding hydrogens is 421 g/mol. The van der Waals surface area contributed by atoms with Gasteiger partial charge in [-0.1, -0.05) is 42.1 Å². The van der Waals surface area contributed by atoms with Gasteiger partial charge in [0.2, 0.25) is 0 Å². The van der Waals surface area contributed by atoms with Crippen LogP contribution in [0.1, 0.15) is 44.2 Å². The van der Waals surface area contributed by atoms with Gasteiger partial charge in [0, 0.05) is 10.0 Å². The van der Waals surface area contributed by atoms with Gasteiger partial charge < -0.3 is 15.4 Å². The first kappa shape index (κ1) is 21.4. The minimum atomic E-state index is -0.887. The maximum Gasteiger partial charge on any atom is 0.326 e. The predicted octanol–water partition coefficient (Wildman–Crippen LogP) is 2.58. The van der Waals surface area contributed by atoms with E-state index >= 15 is 0 Å². The highest BCUT2D eigenvalue weighted by Crippen LogP contribution is 2.34. The Bertz CT molecular complexity index is 854. The zero-order chi connectivity index (χ0) is 21.2. The number of carbonyl (C=O) groups excluding carboxylic acids is 4. The van der Waals surface area contributed by atoms with Gasteiger partial charge in [0.15, 0.2) is 6.61 Å². The molecule has 156 valence electrons. The topological polar surface area (TPSA) is 105 Å². The van der Waals surface area contributed by atoms with Gasteiger partial charge in [-0.2, -0.15) is 0 Å². The van der Waals surface area contributed by atoms with E-state index in [1.807, 2.05) is 0 Å². The minimum Gasteiger partial charge on any atom is -0.454 e. The Morgan fingerprint density at radius 1 is 1.28 bits per heavy atom. The van der Waals surface area contributed by atoms with Crippen LogP contribution in [0, 0.1) is 0 Å². The van der Waals surface area contributed by atoms with Gasteiger partial charge in [0.05, 0.1) is 6.04 Å². The second-order valence-corrected chi connectivity index (χ2v) is 8.07. The van der Waals surface area contributed by atoms with Crippen molar-refractivity contribution in [2.75, 3.05) is 13.2 Å². The van der Waals surface area contributed by atoms with Crippen LogP contribution in [-0.4, -0.2) is 47.4 Å². The van der Waals surface area contributed by atoms with Crippen LogP contribution < -0.4 is 10.6 Å². The van der Waals surface area contributed by atoms with Crippen molar-refractivity contribution in [1.29, 1.82) is 0 Å². The summed E-state index contributed by atoms with van der Waals surface area (Å²) in [4.78, 5) is 49.5. The van der Waals surface area contributed by atoms with Gasteiger partial charge in [-0.15, -0.1) is 0 Å². The molecule has 29 heavy (non-hydrogen) atoms. The normalized spacial score (nSPS) is 18.7. The summed E-state index contributed by atoms with van der Waals surface area (Å²) in [7, 11) is 0. The van der Waals surface area contributed by atoms with Crippen LogP contribution >= 0.6 is 23.2 Å². The van der Waals surface area contributed by atoms with E-state index in [9.17, 15) is 19.2 Å². The molecule has 1 aromatic carbocycles. The van der Waals surface area contributed by atoms with E-state index in [2.05, 4.69) is 10.6 Å². The largest absolute Gasteiger partial charge is 0.454 e. The van der Waals surface area contributed by atoms with Crippen LogP contribution in [0.3, 0.4) is 0 Å². The monoisotopic (exact) mass is 441 g/mol. The molecule has 1 saturated carbocycles. The number of esters is 1. The highest BCUT2D eigenvalue weighted by molar-refractivity contribution is 6.35. The average Bonchev–Trinajstić information content (AvgIpc) is 3.21. The summed E-state index contributed by atoms with van der Waals surface area (Å²) in [6, 6.07) is 3.87. The lowest BCUT2D eigenvalue weighted by Gasteiger charge is -2.19. The van der Waals surface area contributed by atoms with Crippen LogP contribution in [0.2, 0.25) is 10.0 Å². The van der Waals surface area contributed by atoms with E-state index in [-0.39, 0.29) is 0 Å². The third-order valence-electron chi connectivity index (χ3n) is 5.16. The number of nitrogens with zero attached hydrogens (tertiary/aromatic N) is 1. The van der Waals surface area contributed by atoms with Crippen LogP contribution in [0.5, 0.6) is 0 Å². The van der Waals surface area contributed by atoms with E-state index in [0.29, 0.717) is 28.5 Å². The molecule has 2 fully saturated rings. The molecule has 3 rings (SSSR count). The molecule has 1 aromatic rings. The quantitative estimate of drug-likeness (QED) is 0.521. The number of benzene rings is 1. The molecule has 1 spiro atoms. The number of hydrogen-bond acceptors (Lipinski definition) is 5. The zero-order valence-corrected chi connectivity index (χ0v) is 17.3. The van der Waals surface area contributed by atoms with Crippen LogP contribution in [-0.2, 0) is 19.1 Å². The van der Waals surface area contributed by atoms with Gasteiger partial charge in [0.1, 0.15) is 12.1 Å². The summed E-state index contributed by atoms with van der Waals surface area (Å²) < 4.78 is 4.92. The van der Waals surface area contributed by atoms with Crippen molar-refractivity contribution in [3.8, 4) is 0 Å². The van der Waals surface area contributed by atoms with Gasteiger partial charge in [-0.25, -0.2) is 4.79 Å². The highest BCUT2D eigenvalue weighted by Gasteiger charge is 2.52. The third-order valence-corrected chi connectivity index (χ3v) is 5.72. The first-order valence-corrected chi connectivity index (χ1v) is 10.0. The van der Waals surface area contributed by atoms with E-state index in [4.69, 9.17) is 27.9 Å². The second kappa shape index (κ2) is 8.59. The van der Waals surface area contributed by atoms with E-state index in [1.165, 1.54) is 0 Å². The van der Waals surface area contributed by atoms with Crippen molar-refractivity contribution in [2.45, 2.75) is 44.2 Å². The average molecular weight is 442 g/mol. The van der Waals surface area contributed by atoms with Crippen molar-refractivity contribution in [3.05, 3.63) is 33.8 Å². The van der Waals surface area contributed by atoms with E-state index in [0.717, 1.165) is 17.7 Å². The summed E-state index contributed by atoms with van der Waals surface area (Å²) in [6.07, 6.45) is 2.83. The maximum atomic E-state index is 12.5. The summed E-state index contributed by atoms with van der Waals surface area (Å²) in [5.74, 6) is -1.79. The van der Waals surface area contributed by atoms with Gasteiger partial charge >= 0.3 is 12.0 Å². The van der Waals surface area contributed by atoms with Crippen molar-refractivity contribution in [2.24, 2.45) is 0 Å². The molecule has 2 aliphatic rings. The molecule has 1 unspecified atom stereocenters. The molecule has 4 amide bonds. The summed E-state index contributed by atoms with van der Waals surface area (Å²) in [5, 5.41) is 6.22. The van der Waals surface area contributed by atoms with E-state index in [1.54, 1.807) is 25.1 Å². The molecule has 1 aliphatic heterocycles. The summed E-state index contributed by atoms with van der Waals surface area (Å²) in [6.45, 7) is 0.657. The van der Waals surface area contributed by atoms with Gasteiger partial charge in [-0.05, 0) is 37.5 Å². The second-order valence-electron chi connectivity index (χ2n) is 7.23. The molecule has 0 bridgehead atoms. The lowest BCUT2D eigenvalue weighted by atomic mass is 9.98. The van der Waals surface area contributed by atoms with Crippen molar-refractivity contribution in [1.82, 2.24) is 15.5 Å². The molecule has 1 aliphatic carbocycles. The zero-order valence-electron chi connectivity index (χ0n) is 15.8. The number of imide groups is 1. The number of urea groups is 1. The van der Waals surface area contributed by atoms with Crippen LogP contribution in [0.25, 0.3) is 0 Å². The Kier molecular flexibility index (Phi) is 6.33. The summed E-state index contributed by atoms with van der Waals surface area (Å²) in [5.41, 5.74) is -0.223. The van der Waals surface area contributed by atoms with Gasteiger partial charge in [-0.3, -0.25) is 19.3 Å². The Labute approximate surface area is 177 Å². The Morgan fingerprint density at radius 2 is 1.97 bits per heavy atom. The van der Waals surface area contributed by atoms with Crippen LogP contribution in [0.4, 0.5) is 4.79 Å². The molecule has 8 nitrogen and oxygen atoms in total. The van der Waals surface area contributed by atoms with Gasteiger partial charge in [0.25, 0.3) is 11.8 Å². The van der Waals surface area contributed by atoms with Crippen LogP contribution in [0.15, 0.2) is 18.2 Å². The van der Waals surface area contributed by atoms with E-state index < -0.39 is 48.5 Å². The number of hydrogen-bond donors (Lipinski definition) is 2. The molecular formula is C19H21Cl2N3O5. The molecule has 1 heterocycles. The first-order valence-electron chi connectivity index (χ1n) is 9.26. The van der Waals surface area contributed by atoms with Crippen molar-refractivity contribution < 1.29 is 23.9 Å². The maximum absolute atomic E-state index is 12.5. The molecule has 0 radical (unpaired) electrons. The number of amides is 4. The molecule has 1 saturated heterocycles. The minimum absolute atomic E-state index is 0.404. The lowest BCUT2D eigenvalue weighted by Crippen LogP contribution is -2.44. The predicted molar refractivity (Wildman–Crippen MR) is 105 cm³/mol. The van der Waals surface area contributed by atoms with Crippen molar-refractivity contribution >= 4 is 47.0 Å². The third kappa shape index (κ3) is 4.64. The highest BCUT2D eigenvalue weighted by atomic mass is 35.5. The SMILES string of the molecule is CC(NC(=O)COC(=O)CN1C(=O)NC2(CCCC2)C1=O)c1ccc(Cl)cc1Cl. The standard InChI is InChI=1S/C19H21Cl2N3O5/c1-11(13-5-4-12(20)8-14(13)21)22-15(25)10-29-16(26)9-24-17(27)19(23-18(24)28)6-2-3-7-19/h4-5,8,11H,2-3,6-7,9-10H2,1H3,(H,22,25)(H,23,28). The smallest absolute Gasteiger partial charge is 0.326 e. The number of ether oxygens (including phenoxy) is 1. The fraction of sp³-hybridized carbons (Fsp3) is 0.474. The fourth-order valence-electron chi connectivity index (χ4n) is 3.67. The number of carbonyl (C=O) groups is 4. The lowest BCUT2D eigenvalue weighted by molar-refractivity contribution is -0.151. The molecule has 10 heteroatoms. The van der Waals surface area contributed by atoms with Crippen molar-refractivity contribution in [3.63, 3.8) is 0 Å². The molecule has 1 atom stereocenters. The molecule has 0 aromatic heterocycles. The first-order chi connectivity index (χ1) is 13.7. The fourth-order valence-corrected chi connectivity index (χ4v) is 4.24. The summed E-state index contributed by atoms with van der Waals surface area (Å²) >= 11 is 12.0. The number of nitrogens with one attached hydrogen (secondary N) is 2. The molecule has 2 N–H and O–H groups in total. The Morgan fingerprint density at radius 3 is 2.62 bits per heavy atom. The number of halogens is 2. The number of rotatable bonds is 6. The Balaban J connectivity index is 1.48. The Hall–Kier alpha value is -2.32.